The molecule has 1 aliphatic rings. The van der Waals surface area contributed by atoms with Crippen molar-refractivity contribution in [2.75, 3.05) is 26.3 Å². The third-order valence-corrected chi connectivity index (χ3v) is 3.46. The molecule has 0 bridgehead atoms. The Morgan fingerprint density at radius 3 is 2.72 bits per heavy atom. The summed E-state index contributed by atoms with van der Waals surface area (Å²) < 4.78 is 9.71. The Labute approximate surface area is 112 Å². The first-order chi connectivity index (χ1) is 8.76. The van der Waals surface area contributed by atoms with Crippen LogP contribution in [0.15, 0.2) is 0 Å². The van der Waals surface area contributed by atoms with Crippen LogP contribution in [0.2, 0.25) is 0 Å². The SMILES string of the molecule is CCCn1c(CO)nn(CN2CCOCC2)c1=S. The lowest BCUT2D eigenvalue weighted by molar-refractivity contribution is 0.0208. The van der Waals surface area contributed by atoms with Gasteiger partial charge in [0.05, 0.1) is 19.9 Å². The molecule has 6 nitrogen and oxygen atoms in total. The number of aliphatic hydroxyl groups excluding tert-OH is 1. The van der Waals surface area contributed by atoms with Crippen LogP contribution in [-0.4, -0.2) is 50.7 Å². The summed E-state index contributed by atoms with van der Waals surface area (Å²) in [4.78, 5) is 2.25. The molecule has 1 saturated heterocycles. The Morgan fingerprint density at radius 1 is 1.39 bits per heavy atom. The van der Waals surface area contributed by atoms with E-state index in [9.17, 15) is 5.11 Å². The number of aliphatic hydroxyl groups is 1. The van der Waals surface area contributed by atoms with E-state index in [4.69, 9.17) is 17.0 Å². The summed E-state index contributed by atoms with van der Waals surface area (Å²) in [7, 11) is 0. The third-order valence-electron chi connectivity index (χ3n) is 3.03. The zero-order chi connectivity index (χ0) is 13.0. The first-order valence-electron chi connectivity index (χ1n) is 6.33. The van der Waals surface area contributed by atoms with E-state index < -0.39 is 0 Å². The molecular weight excluding hydrogens is 252 g/mol. The van der Waals surface area contributed by atoms with E-state index in [2.05, 4.69) is 16.9 Å². The maximum atomic E-state index is 9.31. The number of aromatic nitrogens is 3. The highest BCUT2D eigenvalue weighted by Crippen LogP contribution is 2.06. The molecule has 1 N–H and O–H groups in total. The molecule has 0 spiro atoms. The van der Waals surface area contributed by atoms with E-state index in [1.807, 2.05) is 4.57 Å². The van der Waals surface area contributed by atoms with Crippen LogP contribution in [-0.2, 0) is 24.6 Å². The summed E-state index contributed by atoms with van der Waals surface area (Å²) in [6, 6.07) is 0. The molecular formula is C11H20N4O2S. The first-order valence-corrected chi connectivity index (χ1v) is 6.74. The highest BCUT2D eigenvalue weighted by atomic mass is 32.1. The Hall–Kier alpha value is -0.760. The summed E-state index contributed by atoms with van der Waals surface area (Å²) in [5.41, 5.74) is 0. The van der Waals surface area contributed by atoms with Gasteiger partial charge < -0.3 is 14.4 Å². The molecule has 0 aliphatic carbocycles. The molecule has 0 saturated carbocycles. The van der Waals surface area contributed by atoms with E-state index in [0.29, 0.717) is 17.3 Å². The molecule has 1 fully saturated rings. The Morgan fingerprint density at radius 2 is 2.11 bits per heavy atom. The first kappa shape index (κ1) is 13.7. The fourth-order valence-electron chi connectivity index (χ4n) is 2.08. The maximum Gasteiger partial charge on any atom is 0.199 e. The van der Waals surface area contributed by atoms with Gasteiger partial charge in [0.1, 0.15) is 6.61 Å². The van der Waals surface area contributed by atoms with Crippen molar-refractivity contribution in [1.82, 2.24) is 19.2 Å². The van der Waals surface area contributed by atoms with Crippen molar-refractivity contribution in [3.63, 3.8) is 0 Å². The summed E-state index contributed by atoms with van der Waals surface area (Å²) in [6.07, 6.45) is 0.977. The summed E-state index contributed by atoms with van der Waals surface area (Å²) in [5.74, 6) is 0.648. The highest BCUT2D eigenvalue weighted by Gasteiger charge is 2.14. The minimum absolute atomic E-state index is 0.0697. The van der Waals surface area contributed by atoms with Crippen LogP contribution in [0, 0.1) is 4.77 Å². The van der Waals surface area contributed by atoms with Gasteiger partial charge in [-0.3, -0.25) is 4.90 Å². The van der Waals surface area contributed by atoms with E-state index in [1.165, 1.54) is 0 Å². The van der Waals surface area contributed by atoms with Gasteiger partial charge in [-0.15, -0.1) is 0 Å². The lowest BCUT2D eigenvalue weighted by Crippen LogP contribution is -2.37. The third kappa shape index (κ3) is 2.97. The Balaban J connectivity index is 2.14. The van der Waals surface area contributed by atoms with Crippen LogP contribution in [0.3, 0.4) is 0 Å². The molecule has 0 amide bonds. The Bertz CT molecular complexity index is 437. The maximum absolute atomic E-state index is 9.31. The normalized spacial score (nSPS) is 17.2. The number of hydrogen-bond acceptors (Lipinski definition) is 5. The molecule has 2 heterocycles. The van der Waals surface area contributed by atoms with Crippen molar-refractivity contribution in [3.8, 4) is 0 Å². The van der Waals surface area contributed by atoms with Gasteiger partial charge in [-0.25, -0.2) is 4.68 Å². The van der Waals surface area contributed by atoms with Crippen molar-refractivity contribution < 1.29 is 9.84 Å². The van der Waals surface area contributed by atoms with Crippen molar-refractivity contribution in [1.29, 1.82) is 0 Å². The second kappa shape index (κ2) is 6.42. The molecule has 0 aromatic carbocycles. The van der Waals surface area contributed by atoms with E-state index >= 15 is 0 Å². The van der Waals surface area contributed by atoms with Crippen LogP contribution in [0.4, 0.5) is 0 Å². The quantitative estimate of drug-likeness (QED) is 0.796. The van der Waals surface area contributed by atoms with Crippen LogP contribution in [0.1, 0.15) is 19.2 Å². The monoisotopic (exact) mass is 272 g/mol. The molecule has 1 aromatic rings. The van der Waals surface area contributed by atoms with E-state index in [1.54, 1.807) is 4.68 Å². The fraction of sp³-hybridized carbons (Fsp3) is 0.818. The Kier molecular flexibility index (Phi) is 4.87. The van der Waals surface area contributed by atoms with Gasteiger partial charge in [0.2, 0.25) is 0 Å². The van der Waals surface area contributed by atoms with Crippen molar-refractivity contribution in [3.05, 3.63) is 10.6 Å². The number of ether oxygens (including phenoxy) is 1. The second-order valence-corrected chi connectivity index (χ2v) is 4.75. The predicted octanol–water partition coefficient (Wildman–Crippen LogP) is 0.606. The molecule has 0 radical (unpaired) electrons. The molecule has 102 valence electrons. The molecule has 1 aliphatic heterocycles. The average molecular weight is 272 g/mol. The molecule has 0 atom stereocenters. The van der Waals surface area contributed by atoms with Gasteiger partial charge in [-0.1, -0.05) is 6.92 Å². The summed E-state index contributed by atoms with van der Waals surface area (Å²) in [6.45, 7) is 6.81. The fourth-order valence-corrected chi connectivity index (χ4v) is 2.37. The minimum atomic E-state index is -0.0697. The molecule has 2 rings (SSSR count). The van der Waals surface area contributed by atoms with Gasteiger partial charge in [0, 0.05) is 19.6 Å². The van der Waals surface area contributed by atoms with Crippen LogP contribution in [0.25, 0.3) is 0 Å². The lowest BCUT2D eigenvalue weighted by atomic mass is 10.4. The zero-order valence-corrected chi connectivity index (χ0v) is 11.5. The smallest absolute Gasteiger partial charge is 0.199 e. The minimum Gasteiger partial charge on any atom is -0.388 e. The van der Waals surface area contributed by atoms with Gasteiger partial charge >= 0.3 is 0 Å². The number of nitrogens with zero attached hydrogens (tertiary/aromatic N) is 4. The summed E-state index contributed by atoms with van der Waals surface area (Å²) >= 11 is 5.41. The van der Waals surface area contributed by atoms with Crippen LogP contribution < -0.4 is 0 Å². The van der Waals surface area contributed by atoms with Crippen molar-refractivity contribution in [2.24, 2.45) is 0 Å². The van der Waals surface area contributed by atoms with Gasteiger partial charge in [-0.2, -0.15) is 5.10 Å². The summed E-state index contributed by atoms with van der Waals surface area (Å²) in [5, 5.41) is 13.7. The average Bonchev–Trinajstić information content (AvgIpc) is 2.69. The number of hydrogen-bond donors (Lipinski definition) is 1. The number of morpholine rings is 1. The van der Waals surface area contributed by atoms with Gasteiger partial charge in [-0.05, 0) is 18.6 Å². The van der Waals surface area contributed by atoms with E-state index in [0.717, 1.165) is 39.3 Å². The predicted molar refractivity (Wildman–Crippen MR) is 69.7 cm³/mol. The zero-order valence-electron chi connectivity index (χ0n) is 10.7. The molecule has 0 unspecified atom stereocenters. The van der Waals surface area contributed by atoms with E-state index in [-0.39, 0.29) is 6.61 Å². The lowest BCUT2D eigenvalue weighted by Gasteiger charge is -2.26. The van der Waals surface area contributed by atoms with Gasteiger partial charge in [0.25, 0.3) is 0 Å². The molecule has 7 heteroatoms. The topological polar surface area (TPSA) is 55.5 Å². The van der Waals surface area contributed by atoms with Crippen LogP contribution in [0.5, 0.6) is 0 Å². The molecule has 1 aromatic heterocycles. The van der Waals surface area contributed by atoms with Gasteiger partial charge in [0.15, 0.2) is 10.6 Å². The largest absolute Gasteiger partial charge is 0.388 e. The highest BCUT2D eigenvalue weighted by molar-refractivity contribution is 7.71. The van der Waals surface area contributed by atoms with Crippen LogP contribution >= 0.6 is 12.2 Å². The standard InChI is InChI=1S/C11H20N4O2S/c1-2-3-14-10(8-16)12-15(11(14)18)9-13-4-6-17-7-5-13/h16H,2-9H2,1H3. The van der Waals surface area contributed by atoms with Crippen molar-refractivity contribution in [2.45, 2.75) is 33.2 Å². The van der Waals surface area contributed by atoms with Crippen molar-refractivity contribution >= 4 is 12.2 Å². The molecule has 18 heavy (non-hydrogen) atoms. The number of rotatable bonds is 5. The second-order valence-electron chi connectivity index (χ2n) is 4.38.